The number of benzene rings is 2. The van der Waals surface area contributed by atoms with Gasteiger partial charge in [-0.05, 0) is 48.0 Å². The molecule has 0 nitrogen and oxygen atoms in total. The van der Waals surface area contributed by atoms with Gasteiger partial charge >= 0.3 is 0 Å². The highest BCUT2D eigenvalue weighted by Gasteiger charge is 2.07. The molecule has 0 unspecified atom stereocenters. The molecule has 0 heteroatoms. The van der Waals surface area contributed by atoms with Gasteiger partial charge < -0.3 is 0 Å². The Morgan fingerprint density at radius 2 is 0.900 bits per heavy atom. The first-order chi connectivity index (χ1) is 9.93. The van der Waals surface area contributed by atoms with E-state index in [1.807, 2.05) is 0 Å². The Morgan fingerprint density at radius 1 is 0.500 bits per heavy atom. The predicted molar refractivity (Wildman–Crippen MR) is 87.3 cm³/mol. The fraction of sp³-hybridized carbons (Fsp3) is 0.200. The molecule has 0 aliphatic heterocycles. The minimum atomic E-state index is 1.13. The van der Waals surface area contributed by atoms with Crippen molar-refractivity contribution in [2.45, 2.75) is 25.7 Å². The van der Waals surface area contributed by atoms with Crippen LogP contribution in [0.3, 0.4) is 0 Å². The number of hydrogen-bond donors (Lipinski definition) is 0. The van der Waals surface area contributed by atoms with Crippen LogP contribution in [-0.4, -0.2) is 0 Å². The van der Waals surface area contributed by atoms with Gasteiger partial charge in [-0.2, -0.15) is 0 Å². The van der Waals surface area contributed by atoms with Crippen molar-refractivity contribution in [1.82, 2.24) is 0 Å². The lowest BCUT2D eigenvalue weighted by molar-refractivity contribution is 0.987. The Kier molecular flexibility index (Phi) is 4.13. The Morgan fingerprint density at radius 3 is 1.30 bits per heavy atom. The van der Waals surface area contributed by atoms with Crippen LogP contribution in [0.4, 0.5) is 0 Å². The van der Waals surface area contributed by atoms with Crippen LogP contribution < -0.4 is 0 Å². The molecule has 0 fully saturated rings. The molecular formula is C20H20. The van der Waals surface area contributed by atoms with Crippen LogP contribution >= 0.6 is 0 Å². The fourth-order valence-corrected chi connectivity index (χ4v) is 2.82. The molecule has 2 aromatic rings. The van der Waals surface area contributed by atoms with Gasteiger partial charge in [0.25, 0.3) is 0 Å². The summed E-state index contributed by atoms with van der Waals surface area (Å²) in [6, 6.07) is 21.6. The Bertz CT molecular complexity index is 546. The van der Waals surface area contributed by atoms with Gasteiger partial charge in [-0.15, -0.1) is 0 Å². The van der Waals surface area contributed by atoms with Gasteiger partial charge in [0.2, 0.25) is 0 Å². The summed E-state index contributed by atoms with van der Waals surface area (Å²) in [4.78, 5) is 0. The first kappa shape index (κ1) is 12.9. The lowest BCUT2D eigenvalue weighted by Gasteiger charge is -2.14. The SMILES string of the molecule is C1=C(c2ccccc2)CCC(c2ccccc2)=CCC1. The van der Waals surface area contributed by atoms with Gasteiger partial charge in [0.05, 0.1) is 0 Å². The number of hydrogen-bond acceptors (Lipinski definition) is 0. The molecule has 100 valence electrons. The molecule has 0 saturated carbocycles. The lowest BCUT2D eigenvalue weighted by Crippen LogP contribution is -1.92. The van der Waals surface area contributed by atoms with Crippen molar-refractivity contribution in [3.63, 3.8) is 0 Å². The molecule has 0 aromatic heterocycles. The molecular weight excluding hydrogens is 240 g/mol. The molecule has 2 aromatic carbocycles. The van der Waals surface area contributed by atoms with E-state index in [4.69, 9.17) is 0 Å². The van der Waals surface area contributed by atoms with Gasteiger partial charge in [0, 0.05) is 0 Å². The van der Waals surface area contributed by atoms with E-state index >= 15 is 0 Å². The second-order valence-corrected chi connectivity index (χ2v) is 5.27. The van der Waals surface area contributed by atoms with Crippen molar-refractivity contribution in [1.29, 1.82) is 0 Å². The third-order valence-electron chi connectivity index (χ3n) is 3.90. The standard InChI is InChI=1S/C20H20/c1-3-9-17(10-4-1)19-13-7-8-14-20(16-15-19)18-11-5-2-6-12-18/h1-6,9-14H,7-8,15-16H2. The van der Waals surface area contributed by atoms with E-state index in [0.29, 0.717) is 0 Å². The largest absolute Gasteiger partial charge is 0.0804 e. The monoisotopic (exact) mass is 260 g/mol. The molecule has 0 spiro atoms. The van der Waals surface area contributed by atoms with Crippen LogP contribution in [0.2, 0.25) is 0 Å². The summed E-state index contributed by atoms with van der Waals surface area (Å²) in [7, 11) is 0. The topological polar surface area (TPSA) is 0 Å². The van der Waals surface area contributed by atoms with Crippen LogP contribution in [-0.2, 0) is 0 Å². The lowest BCUT2D eigenvalue weighted by atomic mass is 9.91. The summed E-state index contributed by atoms with van der Waals surface area (Å²) in [6.45, 7) is 0. The maximum absolute atomic E-state index is 2.41. The molecule has 0 atom stereocenters. The summed E-state index contributed by atoms with van der Waals surface area (Å²) >= 11 is 0. The van der Waals surface area contributed by atoms with E-state index in [-0.39, 0.29) is 0 Å². The Labute approximate surface area is 121 Å². The van der Waals surface area contributed by atoms with E-state index in [2.05, 4.69) is 72.8 Å². The highest BCUT2D eigenvalue weighted by molar-refractivity contribution is 5.71. The van der Waals surface area contributed by atoms with E-state index < -0.39 is 0 Å². The smallest absolute Gasteiger partial charge is 0.0228 e. The molecule has 1 aliphatic rings. The zero-order valence-corrected chi connectivity index (χ0v) is 11.8. The maximum atomic E-state index is 2.41. The summed E-state index contributed by atoms with van der Waals surface area (Å²) in [5.41, 5.74) is 5.74. The number of allylic oxidation sites excluding steroid dienone is 4. The van der Waals surface area contributed by atoms with Crippen molar-refractivity contribution in [3.8, 4) is 0 Å². The molecule has 0 amide bonds. The molecule has 0 radical (unpaired) electrons. The van der Waals surface area contributed by atoms with Gasteiger partial charge in [0.15, 0.2) is 0 Å². The molecule has 3 rings (SSSR count). The molecule has 20 heavy (non-hydrogen) atoms. The number of rotatable bonds is 2. The minimum Gasteiger partial charge on any atom is -0.0804 e. The average molecular weight is 260 g/mol. The Hall–Kier alpha value is -2.08. The molecule has 0 saturated heterocycles. The maximum Gasteiger partial charge on any atom is -0.0228 e. The zero-order valence-electron chi connectivity index (χ0n) is 11.8. The highest BCUT2D eigenvalue weighted by atomic mass is 14.1. The third-order valence-corrected chi connectivity index (χ3v) is 3.90. The van der Waals surface area contributed by atoms with Gasteiger partial charge in [0.1, 0.15) is 0 Å². The van der Waals surface area contributed by atoms with Crippen molar-refractivity contribution >= 4 is 11.1 Å². The molecule has 0 heterocycles. The van der Waals surface area contributed by atoms with E-state index in [9.17, 15) is 0 Å². The summed E-state index contributed by atoms with van der Waals surface area (Å²) in [5.74, 6) is 0. The van der Waals surface area contributed by atoms with Crippen LogP contribution in [0.15, 0.2) is 72.8 Å². The Balaban J connectivity index is 1.79. The average Bonchev–Trinajstić information content (AvgIpc) is 2.49. The predicted octanol–water partition coefficient (Wildman–Crippen LogP) is 5.73. The molecule has 1 aliphatic carbocycles. The first-order valence-corrected chi connectivity index (χ1v) is 7.42. The van der Waals surface area contributed by atoms with Gasteiger partial charge in [-0.25, -0.2) is 0 Å². The summed E-state index contributed by atoms with van der Waals surface area (Å²) in [5, 5.41) is 0. The third kappa shape index (κ3) is 3.08. The molecule has 0 bridgehead atoms. The van der Waals surface area contributed by atoms with Crippen molar-refractivity contribution in [3.05, 3.63) is 83.9 Å². The van der Waals surface area contributed by atoms with E-state index in [1.165, 1.54) is 22.3 Å². The second-order valence-electron chi connectivity index (χ2n) is 5.27. The van der Waals surface area contributed by atoms with E-state index in [1.54, 1.807) is 0 Å². The van der Waals surface area contributed by atoms with Crippen LogP contribution in [0.1, 0.15) is 36.8 Å². The van der Waals surface area contributed by atoms with Gasteiger partial charge in [-0.1, -0.05) is 72.8 Å². The fourth-order valence-electron chi connectivity index (χ4n) is 2.82. The van der Waals surface area contributed by atoms with Crippen LogP contribution in [0, 0.1) is 0 Å². The first-order valence-electron chi connectivity index (χ1n) is 7.42. The zero-order chi connectivity index (χ0) is 13.6. The summed E-state index contributed by atoms with van der Waals surface area (Å²) in [6.07, 6.45) is 9.36. The van der Waals surface area contributed by atoms with Gasteiger partial charge in [-0.3, -0.25) is 0 Å². The minimum absolute atomic E-state index is 1.13. The van der Waals surface area contributed by atoms with Crippen LogP contribution in [0.25, 0.3) is 11.1 Å². The normalized spacial score (nSPS) is 15.8. The quantitative estimate of drug-likeness (QED) is 0.647. The van der Waals surface area contributed by atoms with Crippen LogP contribution in [0.5, 0.6) is 0 Å². The van der Waals surface area contributed by atoms with Crippen molar-refractivity contribution in [2.24, 2.45) is 0 Å². The summed E-state index contributed by atoms with van der Waals surface area (Å²) < 4.78 is 0. The highest BCUT2D eigenvalue weighted by Crippen LogP contribution is 2.29. The van der Waals surface area contributed by atoms with Crippen molar-refractivity contribution < 1.29 is 0 Å². The van der Waals surface area contributed by atoms with Crippen molar-refractivity contribution in [2.75, 3.05) is 0 Å². The second kappa shape index (κ2) is 6.38. The molecule has 0 N–H and O–H groups in total. The van der Waals surface area contributed by atoms with E-state index in [0.717, 1.165) is 25.7 Å².